The number of pyridine rings is 2. The molecule has 4 heteroatoms. The molecule has 0 unspecified atom stereocenters. The summed E-state index contributed by atoms with van der Waals surface area (Å²) in [6, 6.07) is 71.2. The number of aromatic nitrogens is 4. The number of rotatable bonds is 9. The SMILES string of the molecule is c1ccc(-c2ccc(-c3ccccc3-c3cc(-c4ccccc4-c4ccc(-c5cccnc5)cc4)cc(-c4ccccc4-c4ccc(-c5ncccn5)cc4)c3)cc2)nc1. The third-order valence-electron chi connectivity index (χ3n) is 11.0. The summed E-state index contributed by atoms with van der Waals surface area (Å²) in [5.74, 6) is 0.713. The zero-order chi connectivity index (χ0) is 40.1. The van der Waals surface area contributed by atoms with Crippen molar-refractivity contribution in [2.24, 2.45) is 0 Å². The highest BCUT2D eigenvalue weighted by Gasteiger charge is 2.17. The fourth-order valence-corrected chi connectivity index (χ4v) is 8.03. The molecule has 0 spiro atoms. The minimum atomic E-state index is 0.713. The molecule has 0 atom stereocenters. The lowest BCUT2D eigenvalue weighted by molar-refractivity contribution is 1.18. The largest absolute Gasteiger partial charge is 0.264 e. The van der Waals surface area contributed by atoms with Crippen LogP contribution in [-0.4, -0.2) is 19.9 Å². The van der Waals surface area contributed by atoms with Gasteiger partial charge in [0.1, 0.15) is 0 Å². The lowest BCUT2D eigenvalue weighted by Gasteiger charge is -2.18. The van der Waals surface area contributed by atoms with E-state index in [1.54, 1.807) is 12.4 Å². The summed E-state index contributed by atoms with van der Waals surface area (Å²) < 4.78 is 0. The van der Waals surface area contributed by atoms with E-state index in [0.717, 1.165) is 83.6 Å². The van der Waals surface area contributed by atoms with Crippen molar-refractivity contribution in [3.63, 3.8) is 0 Å². The first-order valence-electron chi connectivity index (χ1n) is 20.1. The van der Waals surface area contributed by atoms with E-state index in [1.165, 1.54) is 11.1 Å². The Hall–Kier alpha value is -8.08. The van der Waals surface area contributed by atoms with Gasteiger partial charge in [-0.1, -0.05) is 158 Å². The molecule has 3 heterocycles. The third-order valence-corrected chi connectivity index (χ3v) is 11.0. The summed E-state index contributed by atoms with van der Waals surface area (Å²) in [5.41, 5.74) is 19.1. The van der Waals surface area contributed by atoms with Crippen LogP contribution in [0, 0.1) is 0 Å². The van der Waals surface area contributed by atoms with Crippen molar-refractivity contribution in [1.29, 1.82) is 0 Å². The normalized spacial score (nSPS) is 11.0. The maximum Gasteiger partial charge on any atom is 0.159 e. The summed E-state index contributed by atoms with van der Waals surface area (Å²) in [6.07, 6.45) is 9.12. The molecule has 60 heavy (non-hydrogen) atoms. The Morgan fingerprint density at radius 3 is 1.07 bits per heavy atom. The fraction of sp³-hybridized carbons (Fsp3) is 0. The molecule has 3 aromatic heterocycles. The zero-order valence-corrected chi connectivity index (χ0v) is 32.7. The molecule has 0 amide bonds. The van der Waals surface area contributed by atoms with Crippen molar-refractivity contribution in [3.8, 4) is 101 Å². The molecule has 0 aliphatic heterocycles. The Labute approximate surface area is 350 Å². The maximum absolute atomic E-state index is 4.58. The van der Waals surface area contributed by atoms with Gasteiger partial charge in [0.2, 0.25) is 0 Å². The number of hydrogen-bond donors (Lipinski definition) is 0. The Balaban J connectivity index is 1.12. The highest BCUT2D eigenvalue weighted by atomic mass is 14.8. The molecule has 0 bridgehead atoms. The van der Waals surface area contributed by atoms with E-state index in [0.29, 0.717) is 5.82 Å². The van der Waals surface area contributed by atoms with Gasteiger partial charge in [-0.05, 0) is 120 Å². The molecule has 10 rings (SSSR count). The van der Waals surface area contributed by atoms with Crippen LogP contribution < -0.4 is 0 Å². The second-order valence-electron chi connectivity index (χ2n) is 14.7. The summed E-state index contributed by atoms with van der Waals surface area (Å²) >= 11 is 0. The number of nitrogens with zero attached hydrogens (tertiary/aromatic N) is 4. The van der Waals surface area contributed by atoms with Gasteiger partial charge in [-0.2, -0.15) is 0 Å². The van der Waals surface area contributed by atoms with Gasteiger partial charge >= 0.3 is 0 Å². The quantitative estimate of drug-likeness (QED) is 0.147. The van der Waals surface area contributed by atoms with Crippen molar-refractivity contribution in [1.82, 2.24) is 19.9 Å². The van der Waals surface area contributed by atoms with Crippen LogP contribution in [-0.2, 0) is 0 Å². The molecular formula is C56H38N4. The Morgan fingerprint density at radius 1 is 0.233 bits per heavy atom. The monoisotopic (exact) mass is 766 g/mol. The molecule has 4 nitrogen and oxygen atoms in total. The molecule has 282 valence electrons. The number of benzene rings is 7. The smallest absolute Gasteiger partial charge is 0.159 e. The van der Waals surface area contributed by atoms with E-state index < -0.39 is 0 Å². The molecule has 7 aromatic carbocycles. The molecule has 0 saturated heterocycles. The van der Waals surface area contributed by atoms with Crippen molar-refractivity contribution < 1.29 is 0 Å². The van der Waals surface area contributed by atoms with Crippen LogP contribution in [0.4, 0.5) is 0 Å². The van der Waals surface area contributed by atoms with Gasteiger partial charge in [-0.25, -0.2) is 9.97 Å². The van der Waals surface area contributed by atoms with Crippen LogP contribution in [0.5, 0.6) is 0 Å². The first-order valence-corrected chi connectivity index (χ1v) is 20.1. The molecule has 0 fully saturated rings. The van der Waals surface area contributed by atoms with Crippen molar-refractivity contribution >= 4 is 0 Å². The topological polar surface area (TPSA) is 51.6 Å². The highest BCUT2D eigenvalue weighted by molar-refractivity contribution is 5.94. The summed E-state index contributed by atoms with van der Waals surface area (Å²) in [4.78, 5) is 17.9. The van der Waals surface area contributed by atoms with E-state index in [9.17, 15) is 0 Å². The van der Waals surface area contributed by atoms with Crippen molar-refractivity contribution in [3.05, 3.63) is 231 Å². The Bertz CT molecular complexity index is 2690. The van der Waals surface area contributed by atoms with E-state index >= 15 is 0 Å². The van der Waals surface area contributed by atoms with Crippen LogP contribution in [0.25, 0.3) is 101 Å². The van der Waals surface area contributed by atoms with Gasteiger partial charge in [0.15, 0.2) is 5.82 Å². The van der Waals surface area contributed by atoms with Gasteiger partial charge < -0.3 is 0 Å². The molecule has 0 aliphatic rings. The predicted molar refractivity (Wildman–Crippen MR) is 247 cm³/mol. The van der Waals surface area contributed by atoms with E-state index in [4.69, 9.17) is 0 Å². The van der Waals surface area contributed by atoms with Gasteiger partial charge in [-0.3, -0.25) is 9.97 Å². The minimum absolute atomic E-state index is 0.713. The standard InChI is InChI=1S/C56H38N4/c1-4-15-52(49(12-1)40-21-19-39(20-22-40)45-11-9-31-57-38-45)46-35-47(53-16-5-2-13-50(53)41-23-27-43(28-24-41)55-18-7-8-32-58-55)37-48(36-46)54-17-6-3-14-51(54)42-25-29-44(30-26-42)56-59-33-10-34-60-56/h1-38H. The van der Waals surface area contributed by atoms with Gasteiger partial charge in [0.05, 0.1) is 5.69 Å². The molecular weight excluding hydrogens is 729 g/mol. The van der Waals surface area contributed by atoms with E-state index in [1.807, 2.05) is 48.9 Å². The number of hydrogen-bond acceptors (Lipinski definition) is 4. The maximum atomic E-state index is 4.58. The lowest BCUT2D eigenvalue weighted by Crippen LogP contribution is -1.92. The Kier molecular flexibility index (Phi) is 9.92. The van der Waals surface area contributed by atoms with Gasteiger partial charge in [-0.15, -0.1) is 0 Å². The lowest BCUT2D eigenvalue weighted by atomic mass is 9.86. The highest BCUT2D eigenvalue weighted by Crippen LogP contribution is 2.42. The van der Waals surface area contributed by atoms with Crippen LogP contribution in [0.2, 0.25) is 0 Å². The average Bonchev–Trinajstić information content (AvgIpc) is 3.35. The van der Waals surface area contributed by atoms with Crippen LogP contribution in [0.15, 0.2) is 231 Å². The van der Waals surface area contributed by atoms with Crippen molar-refractivity contribution in [2.75, 3.05) is 0 Å². The van der Waals surface area contributed by atoms with Crippen LogP contribution >= 0.6 is 0 Å². The molecule has 0 radical (unpaired) electrons. The zero-order valence-electron chi connectivity index (χ0n) is 32.7. The summed E-state index contributed by atoms with van der Waals surface area (Å²) in [5, 5.41) is 0. The second kappa shape index (κ2) is 16.4. The third kappa shape index (κ3) is 7.42. The summed E-state index contributed by atoms with van der Waals surface area (Å²) in [7, 11) is 0. The van der Waals surface area contributed by atoms with Gasteiger partial charge in [0.25, 0.3) is 0 Å². The molecule has 0 saturated carbocycles. The predicted octanol–water partition coefficient (Wildman–Crippen LogP) is 14.3. The van der Waals surface area contributed by atoms with Crippen LogP contribution in [0.3, 0.4) is 0 Å². The second-order valence-corrected chi connectivity index (χ2v) is 14.7. The molecule has 0 N–H and O–H groups in total. The van der Waals surface area contributed by atoms with Gasteiger partial charge in [0, 0.05) is 42.1 Å². The fourth-order valence-electron chi connectivity index (χ4n) is 8.03. The van der Waals surface area contributed by atoms with Crippen molar-refractivity contribution in [2.45, 2.75) is 0 Å². The van der Waals surface area contributed by atoms with E-state index in [2.05, 4.69) is 190 Å². The van der Waals surface area contributed by atoms with Crippen LogP contribution in [0.1, 0.15) is 0 Å². The summed E-state index contributed by atoms with van der Waals surface area (Å²) in [6.45, 7) is 0. The molecule has 10 aromatic rings. The molecule has 0 aliphatic carbocycles. The average molecular weight is 767 g/mol. The first-order chi connectivity index (χ1) is 29.7. The Morgan fingerprint density at radius 2 is 0.633 bits per heavy atom. The first kappa shape index (κ1) is 36.3. The van der Waals surface area contributed by atoms with E-state index in [-0.39, 0.29) is 0 Å². The minimum Gasteiger partial charge on any atom is -0.264 e.